The molecule has 0 saturated heterocycles. The van der Waals surface area contributed by atoms with E-state index in [0.717, 1.165) is 44.3 Å². The number of fused-ring (bicyclic) bond motifs is 3. The van der Waals surface area contributed by atoms with Crippen molar-refractivity contribution in [1.29, 1.82) is 0 Å². The van der Waals surface area contributed by atoms with Gasteiger partial charge in [0.05, 0.1) is 0 Å². The van der Waals surface area contributed by atoms with E-state index in [1.807, 2.05) is 13.0 Å². The Labute approximate surface area is 119 Å². The summed E-state index contributed by atoms with van der Waals surface area (Å²) >= 11 is 0. The topological polar surface area (TPSA) is 17.0 Å². The Morgan fingerprint density at radius 3 is 3.15 bits per heavy atom. The third-order valence-electron chi connectivity index (χ3n) is 4.07. The molecule has 0 saturated carbocycles. The number of rotatable bonds is 3. The van der Waals surface area contributed by atoms with Crippen molar-refractivity contribution >= 4 is 10.9 Å². The van der Waals surface area contributed by atoms with Gasteiger partial charge in [-0.15, -0.1) is 0 Å². The van der Waals surface area contributed by atoms with Crippen LogP contribution >= 0.6 is 0 Å². The van der Waals surface area contributed by atoms with Crippen LogP contribution in [-0.2, 0) is 19.5 Å². The number of aryl methyl sites for hydroxylation is 1. The molecule has 1 aromatic carbocycles. The molecular formula is C17H21FN2. The lowest BCUT2D eigenvalue weighted by atomic mass is 10.1. The molecule has 0 amide bonds. The summed E-state index contributed by atoms with van der Waals surface area (Å²) in [6, 6.07) is 5.18. The first-order valence-electron chi connectivity index (χ1n) is 7.42. The third kappa shape index (κ3) is 2.38. The van der Waals surface area contributed by atoms with Crippen LogP contribution < -0.4 is 5.32 Å². The van der Waals surface area contributed by atoms with Crippen molar-refractivity contribution in [3.05, 3.63) is 47.4 Å². The molecule has 0 unspecified atom stereocenters. The fourth-order valence-corrected chi connectivity index (χ4v) is 3.15. The lowest BCUT2D eigenvalue weighted by Gasteiger charge is -2.09. The van der Waals surface area contributed by atoms with Gasteiger partial charge in [0.25, 0.3) is 0 Å². The molecule has 0 atom stereocenters. The summed E-state index contributed by atoms with van der Waals surface area (Å²) in [5.74, 6) is -0.143. The summed E-state index contributed by atoms with van der Waals surface area (Å²) in [6.45, 7) is 4.92. The zero-order valence-electron chi connectivity index (χ0n) is 12.0. The van der Waals surface area contributed by atoms with Gasteiger partial charge >= 0.3 is 0 Å². The average Bonchev–Trinajstić information content (AvgIpc) is 2.62. The lowest BCUT2D eigenvalue weighted by Crippen LogP contribution is -2.11. The zero-order chi connectivity index (χ0) is 13.9. The molecule has 2 nitrogen and oxygen atoms in total. The van der Waals surface area contributed by atoms with Gasteiger partial charge in [0, 0.05) is 29.7 Å². The van der Waals surface area contributed by atoms with Crippen LogP contribution in [0.3, 0.4) is 0 Å². The molecule has 3 heteroatoms. The Morgan fingerprint density at radius 2 is 2.30 bits per heavy atom. The highest BCUT2D eigenvalue weighted by Gasteiger charge is 2.18. The molecule has 2 aromatic rings. The Morgan fingerprint density at radius 1 is 1.40 bits per heavy atom. The normalized spacial score (nSPS) is 15.7. The molecular weight excluding hydrogens is 251 g/mol. The minimum Gasteiger partial charge on any atom is -0.344 e. The Hall–Kier alpha value is -1.61. The van der Waals surface area contributed by atoms with Crippen LogP contribution in [0.1, 0.15) is 31.0 Å². The summed E-state index contributed by atoms with van der Waals surface area (Å²) in [4.78, 5) is 0. The van der Waals surface area contributed by atoms with Gasteiger partial charge in [-0.05, 0) is 56.5 Å². The maximum absolute atomic E-state index is 13.6. The van der Waals surface area contributed by atoms with Crippen LogP contribution in [0.25, 0.3) is 10.9 Å². The first kappa shape index (κ1) is 13.4. The van der Waals surface area contributed by atoms with E-state index in [4.69, 9.17) is 0 Å². The van der Waals surface area contributed by atoms with Crippen molar-refractivity contribution in [1.82, 2.24) is 9.88 Å². The average molecular weight is 272 g/mol. The minimum atomic E-state index is -0.143. The van der Waals surface area contributed by atoms with Crippen LogP contribution in [0.5, 0.6) is 0 Å². The predicted molar refractivity (Wildman–Crippen MR) is 81.4 cm³/mol. The number of benzene rings is 1. The van der Waals surface area contributed by atoms with Crippen molar-refractivity contribution in [3.8, 4) is 0 Å². The maximum Gasteiger partial charge on any atom is 0.123 e. The predicted octanol–water partition coefficient (Wildman–Crippen LogP) is 3.78. The SMILES string of the molecule is C/C=C/CCn1c2c(c3cc(F)ccc31)CNCCC2. The number of aromatic nitrogens is 1. The molecule has 1 N–H and O–H groups in total. The van der Waals surface area contributed by atoms with E-state index in [1.165, 1.54) is 16.8 Å². The number of allylic oxidation sites excluding steroid dienone is 2. The highest BCUT2D eigenvalue weighted by molar-refractivity contribution is 5.85. The summed E-state index contributed by atoms with van der Waals surface area (Å²) in [7, 11) is 0. The molecule has 0 spiro atoms. The Kier molecular flexibility index (Phi) is 3.88. The molecule has 3 rings (SSSR count). The first-order chi connectivity index (χ1) is 9.81. The van der Waals surface area contributed by atoms with Gasteiger partial charge in [-0.3, -0.25) is 0 Å². The van der Waals surface area contributed by atoms with Crippen LogP contribution in [0.4, 0.5) is 4.39 Å². The van der Waals surface area contributed by atoms with Crippen molar-refractivity contribution in [2.75, 3.05) is 6.54 Å². The number of nitrogens with zero attached hydrogens (tertiary/aromatic N) is 1. The van der Waals surface area contributed by atoms with Gasteiger partial charge in [0.1, 0.15) is 5.82 Å². The first-order valence-corrected chi connectivity index (χ1v) is 7.42. The molecule has 20 heavy (non-hydrogen) atoms. The maximum atomic E-state index is 13.6. The van der Waals surface area contributed by atoms with Crippen LogP contribution in [-0.4, -0.2) is 11.1 Å². The summed E-state index contributed by atoms with van der Waals surface area (Å²) in [5.41, 5.74) is 3.85. The molecule has 1 aromatic heterocycles. The largest absolute Gasteiger partial charge is 0.344 e. The number of hydrogen-bond donors (Lipinski definition) is 1. The van der Waals surface area contributed by atoms with Crippen molar-refractivity contribution in [3.63, 3.8) is 0 Å². The quantitative estimate of drug-likeness (QED) is 0.841. The van der Waals surface area contributed by atoms with Crippen LogP contribution in [0.2, 0.25) is 0 Å². The zero-order valence-corrected chi connectivity index (χ0v) is 12.0. The van der Waals surface area contributed by atoms with Gasteiger partial charge in [0.15, 0.2) is 0 Å². The third-order valence-corrected chi connectivity index (χ3v) is 4.07. The molecule has 2 heterocycles. The summed E-state index contributed by atoms with van der Waals surface area (Å²) in [6.07, 6.45) is 7.53. The smallest absolute Gasteiger partial charge is 0.123 e. The van der Waals surface area contributed by atoms with Crippen molar-refractivity contribution < 1.29 is 4.39 Å². The van der Waals surface area contributed by atoms with E-state index in [-0.39, 0.29) is 5.82 Å². The van der Waals surface area contributed by atoms with E-state index >= 15 is 0 Å². The van der Waals surface area contributed by atoms with E-state index in [9.17, 15) is 4.39 Å². The summed E-state index contributed by atoms with van der Waals surface area (Å²) in [5, 5.41) is 4.52. The summed E-state index contributed by atoms with van der Waals surface area (Å²) < 4.78 is 16.0. The fraction of sp³-hybridized carbons (Fsp3) is 0.412. The van der Waals surface area contributed by atoms with Gasteiger partial charge in [-0.25, -0.2) is 4.39 Å². The van der Waals surface area contributed by atoms with Gasteiger partial charge in [0.2, 0.25) is 0 Å². The number of halogens is 1. The van der Waals surface area contributed by atoms with E-state index in [0.29, 0.717) is 0 Å². The van der Waals surface area contributed by atoms with E-state index in [1.54, 1.807) is 12.1 Å². The van der Waals surface area contributed by atoms with Crippen molar-refractivity contribution in [2.24, 2.45) is 0 Å². The molecule has 1 aliphatic heterocycles. The van der Waals surface area contributed by atoms with Gasteiger partial charge in [-0.1, -0.05) is 12.2 Å². The molecule has 0 bridgehead atoms. The van der Waals surface area contributed by atoms with Crippen molar-refractivity contribution in [2.45, 2.75) is 39.3 Å². The molecule has 106 valence electrons. The highest BCUT2D eigenvalue weighted by atomic mass is 19.1. The second-order valence-corrected chi connectivity index (χ2v) is 5.38. The standard InChI is InChI=1S/C17H21FN2/c1-2-3-4-10-20-16-6-5-9-19-12-15(16)14-11-13(18)7-8-17(14)20/h2-3,7-8,11,19H,4-6,9-10,12H2,1H3/b3-2+. The number of hydrogen-bond acceptors (Lipinski definition) is 1. The molecule has 1 aliphatic rings. The molecule has 0 aliphatic carbocycles. The Bertz CT molecular complexity index is 640. The van der Waals surface area contributed by atoms with Crippen LogP contribution in [0, 0.1) is 5.82 Å². The minimum absolute atomic E-state index is 0.143. The second kappa shape index (κ2) is 5.80. The van der Waals surface area contributed by atoms with E-state index in [2.05, 4.69) is 22.0 Å². The molecule has 0 fully saturated rings. The monoisotopic (exact) mass is 272 g/mol. The second-order valence-electron chi connectivity index (χ2n) is 5.38. The van der Waals surface area contributed by atoms with Gasteiger partial charge < -0.3 is 9.88 Å². The number of nitrogens with one attached hydrogen (secondary N) is 1. The fourth-order valence-electron chi connectivity index (χ4n) is 3.15. The van der Waals surface area contributed by atoms with Crippen LogP contribution in [0.15, 0.2) is 30.4 Å². The Balaban J connectivity index is 2.12. The highest BCUT2D eigenvalue weighted by Crippen LogP contribution is 2.29. The van der Waals surface area contributed by atoms with E-state index < -0.39 is 0 Å². The molecule has 0 radical (unpaired) electrons. The van der Waals surface area contributed by atoms with Gasteiger partial charge in [-0.2, -0.15) is 0 Å². The lowest BCUT2D eigenvalue weighted by molar-refractivity contribution is 0.628.